The number of rotatable bonds is 1. The second-order valence-corrected chi connectivity index (χ2v) is 7.27. The van der Waals surface area contributed by atoms with Gasteiger partial charge in [0.15, 0.2) is 0 Å². The minimum absolute atomic E-state index is 0.0156. The Labute approximate surface area is 139 Å². The molecule has 0 saturated carbocycles. The molecule has 4 heteroatoms. The summed E-state index contributed by atoms with van der Waals surface area (Å²) < 4.78 is 12.4. The van der Waals surface area contributed by atoms with Gasteiger partial charge in [0, 0.05) is 16.7 Å². The predicted molar refractivity (Wildman–Crippen MR) is 91.7 cm³/mol. The number of benzene rings is 2. The Balaban J connectivity index is 1.93. The lowest BCUT2D eigenvalue weighted by atomic mass is 9.94. The SMILES string of the molecule is CC1=C(c2ccccc2)Oc2cc(C)c(O)c3c2C1OC(C)S3. The first-order chi connectivity index (χ1) is 11.1. The molecule has 23 heavy (non-hydrogen) atoms. The van der Waals surface area contributed by atoms with Gasteiger partial charge in [0.25, 0.3) is 0 Å². The molecule has 3 nitrogen and oxygen atoms in total. The maximum Gasteiger partial charge on any atom is 0.136 e. The number of ether oxygens (including phenoxy) is 2. The Morgan fingerprint density at radius 3 is 2.61 bits per heavy atom. The molecule has 2 aliphatic heterocycles. The molecule has 0 radical (unpaired) electrons. The van der Waals surface area contributed by atoms with Crippen molar-refractivity contribution in [1.82, 2.24) is 0 Å². The molecule has 0 saturated heterocycles. The summed E-state index contributed by atoms with van der Waals surface area (Å²) in [6, 6.07) is 12.0. The highest BCUT2D eigenvalue weighted by molar-refractivity contribution is 8.00. The van der Waals surface area contributed by atoms with Gasteiger partial charge >= 0.3 is 0 Å². The summed E-state index contributed by atoms with van der Waals surface area (Å²) in [7, 11) is 0. The molecular formula is C19H18O3S. The molecule has 2 atom stereocenters. The van der Waals surface area contributed by atoms with Crippen LogP contribution in [0.4, 0.5) is 0 Å². The third kappa shape index (κ3) is 2.25. The fourth-order valence-electron chi connectivity index (χ4n) is 3.17. The summed E-state index contributed by atoms with van der Waals surface area (Å²) in [6.07, 6.45) is -0.174. The van der Waals surface area contributed by atoms with Gasteiger partial charge in [-0.3, -0.25) is 0 Å². The van der Waals surface area contributed by atoms with Crippen molar-refractivity contribution in [2.75, 3.05) is 0 Å². The van der Waals surface area contributed by atoms with Crippen LogP contribution in [0.15, 0.2) is 46.9 Å². The van der Waals surface area contributed by atoms with Gasteiger partial charge < -0.3 is 14.6 Å². The normalized spacial score (nSPS) is 22.6. The zero-order chi connectivity index (χ0) is 16.1. The Morgan fingerprint density at radius 2 is 1.87 bits per heavy atom. The van der Waals surface area contributed by atoms with Crippen molar-refractivity contribution in [2.45, 2.75) is 37.2 Å². The van der Waals surface area contributed by atoms with Crippen molar-refractivity contribution in [1.29, 1.82) is 0 Å². The lowest BCUT2D eigenvalue weighted by Gasteiger charge is -2.37. The van der Waals surface area contributed by atoms with Crippen LogP contribution in [-0.2, 0) is 4.74 Å². The summed E-state index contributed by atoms with van der Waals surface area (Å²) in [4.78, 5) is 0.884. The van der Waals surface area contributed by atoms with Crippen molar-refractivity contribution in [2.24, 2.45) is 0 Å². The topological polar surface area (TPSA) is 38.7 Å². The van der Waals surface area contributed by atoms with E-state index in [2.05, 4.69) is 0 Å². The molecule has 2 unspecified atom stereocenters. The average Bonchev–Trinajstić information content (AvgIpc) is 2.55. The minimum atomic E-state index is -0.174. The summed E-state index contributed by atoms with van der Waals surface area (Å²) >= 11 is 1.54. The van der Waals surface area contributed by atoms with Crippen LogP contribution in [0.5, 0.6) is 11.5 Å². The van der Waals surface area contributed by atoms with E-state index in [4.69, 9.17) is 9.47 Å². The Kier molecular flexibility index (Phi) is 3.39. The Hall–Kier alpha value is -1.91. The number of phenols is 1. The fraction of sp³-hybridized carbons (Fsp3) is 0.263. The highest BCUT2D eigenvalue weighted by Gasteiger charge is 2.38. The van der Waals surface area contributed by atoms with Gasteiger partial charge in [-0.1, -0.05) is 42.1 Å². The standard InChI is InChI=1S/C19H18O3S/c1-10-9-14-15-18(21-12(3)23-19(15)16(10)20)11(2)17(22-14)13-7-5-4-6-8-13/h4-9,12,18,20H,1-3H3. The molecule has 2 aliphatic rings. The molecule has 0 aliphatic carbocycles. The van der Waals surface area contributed by atoms with Crippen molar-refractivity contribution in [3.63, 3.8) is 0 Å². The van der Waals surface area contributed by atoms with Gasteiger partial charge in [-0.2, -0.15) is 0 Å². The van der Waals surface area contributed by atoms with Crippen molar-refractivity contribution in [3.8, 4) is 11.5 Å². The third-order valence-corrected chi connectivity index (χ3v) is 5.41. The zero-order valence-electron chi connectivity index (χ0n) is 13.3. The van der Waals surface area contributed by atoms with Gasteiger partial charge in [-0.05, 0) is 32.4 Å². The van der Waals surface area contributed by atoms with Gasteiger partial charge in [-0.25, -0.2) is 0 Å². The predicted octanol–water partition coefficient (Wildman–Crippen LogP) is 5.03. The molecule has 0 aromatic heterocycles. The molecule has 2 aromatic carbocycles. The molecule has 0 fully saturated rings. The van der Waals surface area contributed by atoms with E-state index in [1.807, 2.05) is 57.2 Å². The van der Waals surface area contributed by atoms with Crippen LogP contribution >= 0.6 is 11.8 Å². The molecule has 118 valence electrons. The van der Waals surface area contributed by atoms with Crippen LogP contribution in [-0.4, -0.2) is 10.5 Å². The number of hydrogen-bond donors (Lipinski definition) is 1. The lowest BCUT2D eigenvalue weighted by Crippen LogP contribution is -2.23. The van der Waals surface area contributed by atoms with Crippen LogP contribution in [0.25, 0.3) is 5.76 Å². The first-order valence-electron chi connectivity index (χ1n) is 7.69. The van der Waals surface area contributed by atoms with E-state index < -0.39 is 0 Å². The van der Waals surface area contributed by atoms with E-state index in [0.29, 0.717) is 5.75 Å². The van der Waals surface area contributed by atoms with Gasteiger partial charge in [-0.15, -0.1) is 0 Å². The van der Waals surface area contributed by atoms with E-state index in [9.17, 15) is 5.11 Å². The maximum atomic E-state index is 10.4. The van der Waals surface area contributed by atoms with Crippen LogP contribution < -0.4 is 4.74 Å². The molecule has 4 rings (SSSR count). The molecule has 1 N–H and O–H groups in total. The quantitative estimate of drug-likeness (QED) is 0.797. The smallest absolute Gasteiger partial charge is 0.136 e. The molecular weight excluding hydrogens is 308 g/mol. The Bertz CT molecular complexity index is 811. The molecule has 2 aromatic rings. The van der Waals surface area contributed by atoms with E-state index in [1.165, 1.54) is 0 Å². The van der Waals surface area contributed by atoms with Gasteiger partial charge in [0.05, 0.1) is 4.90 Å². The number of aromatic hydroxyl groups is 1. The van der Waals surface area contributed by atoms with Crippen molar-refractivity contribution < 1.29 is 14.6 Å². The number of thioether (sulfide) groups is 1. The first-order valence-corrected chi connectivity index (χ1v) is 8.57. The summed E-state index contributed by atoms with van der Waals surface area (Å²) in [5.41, 5.74) is 3.84. The first kappa shape index (κ1) is 14.7. The molecule has 2 heterocycles. The summed E-state index contributed by atoms with van der Waals surface area (Å²) in [6.45, 7) is 5.96. The van der Waals surface area contributed by atoms with E-state index >= 15 is 0 Å². The second kappa shape index (κ2) is 5.32. The number of hydrogen-bond acceptors (Lipinski definition) is 4. The van der Waals surface area contributed by atoms with Gasteiger partial charge in [0.1, 0.15) is 28.8 Å². The van der Waals surface area contributed by atoms with Crippen LogP contribution in [0.1, 0.15) is 36.6 Å². The summed E-state index contributed by atoms with van der Waals surface area (Å²) in [5.74, 6) is 1.97. The number of phenolic OH excluding ortho intramolecular Hbond substituents is 1. The monoisotopic (exact) mass is 326 g/mol. The van der Waals surface area contributed by atoms with Crippen LogP contribution in [0, 0.1) is 6.92 Å². The van der Waals surface area contributed by atoms with Crippen LogP contribution in [0.2, 0.25) is 0 Å². The van der Waals surface area contributed by atoms with E-state index in [-0.39, 0.29) is 11.5 Å². The summed E-state index contributed by atoms with van der Waals surface area (Å²) in [5, 5.41) is 10.4. The number of aryl methyl sites for hydroxylation is 1. The minimum Gasteiger partial charge on any atom is -0.506 e. The zero-order valence-corrected chi connectivity index (χ0v) is 14.1. The average molecular weight is 326 g/mol. The molecule has 0 bridgehead atoms. The van der Waals surface area contributed by atoms with Crippen molar-refractivity contribution >= 4 is 17.5 Å². The maximum absolute atomic E-state index is 10.4. The van der Waals surface area contributed by atoms with Gasteiger partial charge in [0.2, 0.25) is 0 Å². The largest absolute Gasteiger partial charge is 0.506 e. The lowest BCUT2D eigenvalue weighted by molar-refractivity contribution is 0.0550. The van der Waals surface area contributed by atoms with E-state index in [1.54, 1.807) is 11.8 Å². The van der Waals surface area contributed by atoms with Crippen molar-refractivity contribution in [3.05, 3.63) is 58.7 Å². The highest BCUT2D eigenvalue weighted by atomic mass is 32.2. The highest BCUT2D eigenvalue weighted by Crippen LogP contribution is 2.55. The van der Waals surface area contributed by atoms with Crippen LogP contribution in [0.3, 0.4) is 0 Å². The van der Waals surface area contributed by atoms with E-state index in [0.717, 1.165) is 38.7 Å². The molecule has 0 amide bonds. The Morgan fingerprint density at radius 1 is 1.13 bits per heavy atom. The molecule has 0 spiro atoms. The third-order valence-electron chi connectivity index (χ3n) is 4.32. The fourth-order valence-corrected chi connectivity index (χ4v) is 4.28. The second-order valence-electron chi connectivity index (χ2n) is 5.96.